The maximum atomic E-state index is 5.40. The zero-order chi connectivity index (χ0) is 17.2. The van der Waals surface area contributed by atoms with E-state index in [1.54, 1.807) is 0 Å². The number of ether oxygens (including phenoxy) is 1. The highest BCUT2D eigenvalue weighted by atomic mass is 16.5. The van der Waals surface area contributed by atoms with E-state index >= 15 is 0 Å². The minimum Gasteiger partial charge on any atom is -0.379 e. The Balaban J connectivity index is 1.80. The van der Waals surface area contributed by atoms with Crippen molar-refractivity contribution in [2.24, 2.45) is 4.99 Å². The molecular formula is C19H32N4O. The Bertz CT molecular complexity index is 495. The lowest BCUT2D eigenvalue weighted by Gasteiger charge is -2.26. The molecule has 1 fully saturated rings. The van der Waals surface area contributed by atoms with E-state index in [2.05, 4.69) is 58.3 Å². The van der Waals surface area contributed by atoms with Gasteiger partial charge in [-0.2, -0.15) is 0 Å². The van der Waals surface area contributed by atoms with E-state index in [1.807, 2.05) is 7.05 Å². The zero-order valence-electron chi connectivity index (χ0n) is 15.4. The van der Waals surface area contributed by atoms with Crippen LogP contribution in [0, 0.1) is 0 Å². The summed E-state index contributed by atoms with van der Waals surface area (Å²) in [5.74, 6) is 0.959. The highest BCUT2D eigenvalue weighted by Gasteiger charge is 2.10. The quantitative estimate of drug-likeness (QED) is 0.614. The summed E-state index contributed by atoms with van der Waals surface area (Å²) in [4.78, 5) is 9.00. The van der Waals surface area contributed by atoms with Crippen molar-refractivity contribution < 1.29 is 4.74 Å². The van der Waals surface area contributed by atoms with Crippen LogP contribution in [0.1, 0.15) is 30.9 Å². The van der Waals surface area contributed by atoms with Gasteiger partial charge in [0.25, 0.3) is 0 Å². The number of hydrogen-bond acceptors (Lipinski definition) is 3. The van der Waals surface area contributed by atoms with E-state index in [9.17, 15) is 0 Å². The lowest BCUT2D eigenvalue weighted by Crippen LogP contribution is -2.38. The summed E-state index contributed by atoms with van der Waals surface area (Å²) in [6, 6.07) is 8.89. The molecule has 1 aromatic rings. The van der Waals surface area contributed by atoms with Crippen molar-refractivity contribution in [2.75, 3.05) is 46.9 Å². The van der Waals surface area contributed by atoms with Crippen LogP contribution in [0.2, 0.25) is 0 Å². The van der Waals surface area contributed by atoms with Crippen molar-refractivity contribution in [1.82, 2.24) is 15.1 Å². The van der Waals surface area contributed by atoms with E-state index in [4.69, 9.17) is 4.74 Å². The largest absolute Gasteiger partial charge is 0.379 e. The van der Waals surface area contributed by atoms with Crippen molar-refractivity contribution >= 4 is 5.96 Å². The van der Waals surface area contributed by atoms with Crippen LogP contribution >= 0.6 is 0 Å². The van der Waals surface area contributed by atoms with Gasteiger partial charge in [-0.05, 0) is 17.5 Å². The van der Waals surface area contributed by atoms with Crippen molar-refractivity contribution in [3.63, 3.8) is 0 Å². The monoisotopic (exact) mass is 332 g/mol. The average molecular weight is 332 g/mol. The normalized spacial score (nSPS) is 16.2. The molecule has 0 saturated carbocycles. The predicted octanol–water partition coefficient (Wildman–Crippen LogP) is 2.33. The van der Waals surface area contributed by atoms with Crippen LogP contribution in [0.5, 0.6) is 0 Å². The van der Waals surface area contributed by atoms with Gasteiger partial charge in [0.05, 0.1) is 13.2 Å². The molecule has 1 N–H and O–H groups in total. The molecular weight excluding hydrogens is 300 g/mol. The van der Waals surface area contributed by atoms with Crippen LogP contribution in [0.4, 0.5) is 0 Å². The molecule has 24 heavy (non-hydrogen) atoms. The second-order valence-corrected chi connectivity index (χ2v) is 6.38. The first-order valence-electron chi connectivity index (χ1n) is 9.02. The molecule has 0 radical (unpaired) electrons. The molecule has 0 atom stereocenters. The smallest absolute Gasteiger partial charge is 0.193 e. The van der Waals surface area contributed by atoms with Crippen LogP contribution in [-0.2, 0) is 17.8 Å². The molecule has 0 spiro atoms. The average Bonchev–Trinajstić information content (AvgIpc) is 2.62. The Kier molecular flexibility index (Phi) is 8.05. The fraction of sp³-hybridized carbons (Fsp3) is 0.632. The first kappa shape index (κ1) is 18.7. The van der Waals surface area contributed by atoms with Gasteiger partial charge in [-0.15, -0.1) is 0 Å². The Morgan fingerprint density at radius 1 is 1.21 bits per heavy atom. The summed E-state index contributed by atoms with van der Waals surface area (Å²) in [7, 11) is 3.94. The SMILES string of the molecule is CCCCN(C)C(=NC)NCc1ccc(CN2CCOCC2)cc1. The molecule has 0 aromatic heterocycles. The molecule has 1 heterocycles. The Morgan fingerprint density at radius 2 is 1.88 bits per heavy atom. The van der Waals surface area contributed by atoms with E-state index in [0.717, 1.165) is 51.9 Å². The maximum absolute atomic E-state index is 5.40. The summed E-state index contributed by atoms with van der Waals surface area (Å²) >= 11 is 0. The number of aliphatic imine (C=N–C) groups is 1. The lowest BCUT2D eigenvalue weighted by atomic mass is 10.1. The second kappa shape index (κ2) is 10.3. The van der Waals surface area contributed by atoms with Gasteiger partial charge in [0.2, 0.25) is 0 Å². The van der Waals surface area contributed by atoms with Gasteiger partial charge < -0.3 is 15.0 Å². The van der Waals surface area contributed by atoms with Crippen LogP contribution in [0.15, 0.2) is 29.3 Å². The summed E-state index contributed by atoms with van der Waals surface area (Å²) in [5.41, 5.74) is 2.65. The van der Waals surface area contributed by atoms with Crippen LogP contribution in [0.3, 0.4) is 0 Å². The van der Waals surface area contributed by atoms with Gasteiger partial charge in [-0.3, -0.25) is 9.89 Å². The highest BCUT2D eigenvalue weighted by molar-refractivity contribution is 5.79. The molecule has 1 aliphatic rings. The van der Waals surface area contributed by atoms with E-state index in [0.29, 0.717) is 0 Å². The van der Waals surface area contributed by atoms with Gasteiger partial charge in [0.1, 0.15) is 0 Å². The first-order chi connectivity index (χ1) is 11.7. The maximum Gasteiger partial charge on any atom is 0.193 e. The summed E-state index contributed by atoms with van der Waals surface area (Å²) in [6.07, 6.45) is 2.39. The fourth-order valence-electron chi connectivity index (χ4n) is 2.85. The minimum atomic E-state index is 0.807. The molecule has 5 heteroatoms. The molecule has 1 aliphatic heterocycles. The minimum absolute atomic E-state index is 0.807. The first-order valence-corrected chi connectivity index (χ1v) is 9.02. The van der Waals surface area contributed by atoms with Crippen LogP contribution in [0.25, 0.3) is 0 Å². The Labute approximate surface area is 146 Å². The van der Waals surface area contributed by atoms with Crippen molar-refractivity contribution in [2.45, 2.75) is 32.9 Å². The van der Waals surface area contributed by atoms with Crippen molar-refractivity contribution in [3.8, 4) is 0 Å². The number of nitrogens with one attached hydrogen (secondary N) is 1. The second-order valence-electron chi connectivity index (χ2n) is 6.38. The van der Waals surface area contributed by atoms with Gasteiger partial charge >= 0.3 is 0 Å². The number of guanidine groups is 1. The van der Waals surface area contributed by atoms with Gasteiger partial charge in [0, 0.05) is 46.8 Å². The molecule has 1 aromatic carbocycles. The third kappa shape index (κ3) is 6.13. The van der Waals surface area contributed by atoms with E-state index < -0.39 is 0 Å². The third-order valence-electron chi connectivity index (χ3n) is 4.40. The standard InChI is InChI=1S/C19H32N4O/c1-4-5-10-22(3)19(20-2)21-15-17-6-8-18(9-7-17)16-23-11-13-24-14-12-23/h6-9H,4-5,10-16H2,1-3H3,(H,20,21). The van der Waals surface area contributed by atoms with Crippen molar-refractivity contribution in [3.05, 3.63) is 35.4 Å². The number of rotatable bonds is 7. The number of benzene rings is 1. The van der Waals surface area contributed by atoms with Gasteiger partial charge in [0.15, 0.2) is 5.96 Å². The fourth-order valence-corrected chi connectivity index (χ4v) is 2.85. The number of hydrogen-bond donors (Lipinski definition) is 1. The topological polar surface area (TPSA) is 40.1 Å². The molecule has 1 saturated heterocycles. The van der Waals surface area contributed by atoms with E-state index in [1.165, 1.54) is 24.0 Å². The number of unbranched alkanes of at least 4 members (excludes halogenated alkanes) is 1. The molecule has 134 valence electrons. The zero-order valence-corrected chi connectivity index (χ0v) is 15.4. The lowest BCUT2D eigenvalue weighted by molar-refractivity contribution is 0.0342. The van der Waals surface area contributed by atoms with Crippen molar-refractivity contribution in [1.29, 1.82) is 0 Å². The predicted molar refractivity (Wildman–Crippen MR) is 100 cm³/mol. The third-order valence-corrected chi connectivity index (χ3v) is 4.40. The highest BCUT2D eigenvalue weighted by Crippen LogP contribution is 2.09. The van der Waals surface area contributed by atoms with Crippen LogP contribution < -0.4 is 5.32 Å². The Morgan fingerprint density at radius 3 is 2.50 bits per heavy atom. The number of nitrogens with zero attached hydrogens (tertiary/aromatic N) is 3. The van der Waals surface area contributed by atoms with E-state index in [-0.39, 0.29) is 0 Å². The molecule has 5 nitrogen and oxygen atoms in total. The van der Waals surface area contributed by atoms with Gasteiger partial charge in [-0.1, -0.05) is 37.6 Å². The summed E-state index contributed by atoms with van der Waals surface area (Å²) in [5, 5.41) is 3.44. The molecule has 0 aliphatic carbocycles. The van der Waals surface area contributed by atoms with Crippen LogP contribution in [-0.4, -0.2) is 62.7 Å². The summed E-state index contributed by atoms with van der Waals surface area (Å²) < 4.78 is 5.40. The number of morpholine rings is 1. The molecule has 0 amide bonds. The molecule has 0 unspecified atom stereocenters. The molecule has 0 bridgehead atoms. The van der Waals surface area contributed by atoms with Gasteiger partial charge in [-0.25, -0.2) is 0 Å². The Hall–Kier alpha value is -1.59. The summed E-state index contributed by atoms with van der Waals surface area (Å²) in [6.45, 7) is 8.84. The molecule has 2 rings (SSSR count).